The molecule has 0 bridgehead atoms. The van der Waals surface area contributed by atoms with E-state index < -0.39 is 0 Å². The van der Waals surface area contributed by atoms with Crippen molar-refractivity contribution >= 4 is 11.4 Å². The fourth-order valence-electron chi connectivity index (χ4n) is 4.69. The zero-order chi connectivity index (χ0) is 20.2. The number of tetrazole rings is 1. The number of non-ortho nitro benzene ring substituents is 1. The standard InChI is InChI=1S/C20H29N7O2/c1-2-19(20-21-22-23-26(20)17-6-4-3-5-7-17)25-14-12-24(13-15-25)16-8-10-18(11-9-16)27(28)29/h8-11,17,19H,2-7,12-15H2,1H3. The van der Waals surface area contributed by atoms with Gasteiger partial charge in [-0.3, -0.25) is 15.0 Å². The van der Waals surface area contributed by atoms with Gasteiger partial charge in [-0.15, -0.1) is 5.10 Å². The molecule has 29 heavy (non-hydrogen) atoms. The van der Waals surface area contributed by atoms with Gasteiger partial charge in [0.1, 0.15) is 0 Å². The Balaban J connectivity index is 1.42. The lowest BCUT2D eigenvalue weighted by molar-refractivity contribution is -0.384. The quantitative estimate of drug-likeness (QED) is 0.543. The lowest BCUT2D eigenvalue weighted by Crippen LogP contribution is -2.48. The smallest absolute Gasteiger partial charge is 0.269 e. The van der Waals surface area contributed by atoms with E-state index in [0.29, 0.717) is 6.04 Å². The second kappa shape index (κ2) is 8.86. The van der Waals surface area contributed by atoms with Gasteiger partial charge in [-0.05, 0) is 41.8 Å². The normalized spacial score (nSPS) is 20.0. The van der Waals surface area contributed by atoms with Gasteiger partial charge < -0.3 is 4.90 Å². The topological polar surface area (TPSA) is 93.2 Å². The van der Waals surface area contributed by atoms with Crippen molar-refractivity contribution in [1.82, 2.24) is 25.1 Å². The van der Waals surface area contributed by atoms with Crippen molar-refractivity contribution in [2.75, 3.05) is 31.1 Å². The molecule has 4 rings (SSSR count). The Bertz CT molecular complexity index is 808. The van der Waals surface area contributed by atoms with Crippen LogP contribution >= 0.6 is 0 Å². The molecule has 9 nitrogen and oxygen atoms in total. The Hall–Kier alpha value is -2.55. The summed E-state index contributed by atoms with van der Waals surface area (Å²) < 4.78 is 2.09. The second-order valence-corrected chi connectivity index (χ2v) is 7.99. The molecule has 1 saturated carbocycles. The van der Waals surface area contributed by atoms with Gasteiger partial charge in [-0.1, -0.05) is 26.2 Å². The van der Waals surface area contributed by atoms with Crippen molar-refractivity contribution in [1.29, 1.82) is 0 Å². The third-order valence-electron chi connectivity index (χ3n) is 6.30. The fraction of sp³-hybridized carbons (Fsp3) is 0.650. The van der Waals surface area contributed by atoms with Crippen LogP contribution in [0, 0.1) is 10.1 Å². The molecule has 1 unspecified atom stereocenters. The molecule has 1 atom stereocenters. The number of nitrogens with zero attached hydrogens (tertiary/aromatic N) is 7. The van der Waals surface area contributed by atoms with Crippen LogP contribution in [-0.4, -0.2) is 56.2 Å². The highest BCUT2D eigenvalue weighted by Crippen LogP contribution is 2.32. The Morgan fingerprint density at radius 2 is 1.79 bits per heavy atom. The fourth-order valence-corrected chi connectivity index (χ4v) is 4.69. The minimum absolute atomic E-state index is 0.132. The number of aromatic nitrogens is 4. The summed E-state index contributed by atoms with van der Waals surface area (Å²) in [5.41, 5.74) is 1.17. The summed E-state index contributed by atoms with van der Waals surface area (Å²) in [5.74, 6) is 1.00. The van der Waals surface area contributed by atoms with Crippen LogP contribution in [0.25, 0.3) is 0 Å². The van der Waals surface area contributed by atoms with Crippen molar-refractivity contribution in [3.05, 3.63) is 40.2 Å². The molecule has 156 valence electrons. The minimum Gasteiger partial charge on any atom is -0.369 e. The van der Waals surface area contributed by atoms with Gasteiger partial charge in [-0.2, -0.15) is 0 Å². The summed E-state index contributed by atoms with van der Waals surface area (Å²) in [7, 11) is 0. The van der Waals surface area contributed by atoms with Crippen molar-refractivity contribution in [2.24, 2.45) is 0 Å². The molecular formula is C20H29N7O2. The third kappa shape index (κ3) is 4.24. The number of hydrogen-bond acceptors (Lipinski definition) is 7. The van der Waals surface area contributed by atoms with Crippen LogP contribution in [0.4, 0.5) is 11.4 Å². The largest absolute Gasteiger partial charge is 0.369 e. The van der Waals surface area contributed by atoms with Gasteiger partial charge in [0.05, 0.1) is 17.0 Å². The molecule has 2 aromatic rings. The van der Waals surface area contributed by atoms with E-state index in [2.05, 4.69) is 36.9 Å². The van der Waals surface area contributed by atoms with E-state index in [9.17, 15) is 10.1 Å². The first-order valence-corrected chi connectivity index (χ1v) is 10.7. The lowest BCUT2D eigenvalue weighted by atomic mass is 9.95. The second-order valence-electron chi connectivity index (χ2n) is 7.99. The molecule has 1 aliphatic heterocycles. The molecule has 2 aliphatic rings. The van der Waals surface area contributed by atoms with Crippen molar-refractivity contribution in [2.45, 2.75) is 57.5 Å². The highest BCUT2D eigenvalue weighted by atomic mass is 16.6. The maximum absolute atomic E-state index is 10.9. The summed E-state index contributed by atoms with van der Waals surface area (Å²) in [6.07, 6.45) is 7.15. The Kier molecular flexibility index (Phi) is 6.03. The van der Waals surface area contributed by atoms with Crippen LogP contribution in [0.1, 0.15) is 63.4 Å². The third-order valence-corrected chi connectivity index (χ3v) is 6.30. The SMILES string of the molecule is CCC(c1nnnn1C1CCCCC1)N1CCN(c2ccc([N+](=O)[O-])cc2)CC1. The van der Waals surface area contributed by atoms with E-state index in [1.54, 1.807) is 12.1 Å². The van der Waals surface area contributed by atoms with E-state index in [1.165, 1.54) is 32.1 Å². The summed E-state index contributed by atoms with van der Waals surface area (Å²) in [5, 5.41) is 23.7. The van der Waals surface area contributed by atoms with Crippen LogP contribution < -0.4 is 4.90 Å². The molecule has 1 aliphatic carbocycles. The highest BCUT2D eigenvalue weighted by Gasteiger charge is 2.30. The molecule has 2 fully saturated rings. The van der Waals surface area contributed by atoms with E-state index in [-0.39, 0.29) is 16.7 Å². The van der Waals surface area contributed by atoms with Crippen LogP contribution in [-0.2, 0) is 0 Å². The molecule has 0 spiro atoms. The number of benzene rings is 1. The van der Waals surface area contributed by atoms with Gasteiger partial charge in [0.2, 0.25) is 0 Å². The molecule has 0 N–H and O–H groups in total. The summed E-state index contributed by atoms with van der Waals surface area (Å²) in [6.45, 7) is 5.83. The maximum atomic E-state index is 10.9. The Morgan fingerprint density at radius 3 is 2.41 bits per heavy atom. The molecule has 0 radical (unpaired) electrons. The number of nitro groups is 1. The van der Waals surface area contributed by atoms with Crippen molar-refractivity contribution in [3.63, 3.8) is 0 Å². The van der Waals surface area contributed by atoms with Crippen LogP contribution in [0.5, 0.6) is 0 Å². The van der Waals surface area contributed by atoms with Gasteiger partial charge in [0, 0.05) is 44.0 Å². The van der Waals surface area contributed by atoms with E-state index in [0.717, 1.165) is 44.1 Å². The number of piperazine rings is 1. The lowest BCUT2D eigenvalue weighted by Gasteiger charge is -2.39. The average molecular weight is 399 g/mol. The molecule has 2 heterocycles. The molecule has 9 heteroatoms. The van der Waals surface area contributed by atoms with E-state index >= 15 is 0 Å². The van der Waals surface area contributed by atoms with Gasteiger partial charge >= 0.3 is 0 Å². The first kappa shape index (κ1) is 19.8. The zero-order valence-electron chi connectivity index (χ0n) is 17.0. The number of rotatable bonds is 6. The van der Waals surface area contributed by atoms with Crippen LogP contribution in [0.2, 0.25) is 0 Å². The zero-order valence-corrected chi connectivity index (χ0v) is 17.0. The van der Waals surface area contributed by atoms with Crippen molar-refractivity contribution < 1.29 is 4.92 Å². The number of hydrogen-bond donors (Lipinski definition) is 0. The predicted molar refractivity (Wildman–Crippen MR) is 110 cm³/mol. The van der Waals surface area contributed by atoms with Gasteiger partial charge in [0.25, 0.3) is 5.69 Å². The van der Waals surface area contributed by atoms with E-state index in [4.69, 9.17) is 0 Å². The Labute approximate surface area is 170 Å². The Morgan fingerprint density at radius 1 is 1.10 bits per heavy atom. The molecule has 1 aromatic carbocycles. The van der Waals surface area contributed by atoms with Gasteiger partial charge in [-0.25, -0.2) is 4.68 Å². The molecule has 0 amide bonds. The molecule has 1 saturated heterocycles. The molecule has 1 aromatic heterocycles. The minimum atomic E-state index is -0.357. The van der Waals surface area contributed by atoms with Crippen LogP contribution in [0.3, 0.4) is 0 Å². The summed E-state index contributed by atoms with van der Waals surface area (Å²) in [6, 6.07) is 7.50. The molecular weight excluding hydrogens is 370 g/mol. The van der Waals surface area contributed by atoms with Crippen LogP contribution in [0.15, 0.2) is 24.3 Å². The monoisotopic (exact) mass is 399 g/mol. The summed E-state index contributed by atoms with van der Waals surface area (Å²) >= 11 is 0. The highest BCUT2D eigenvalue weighted by molar-refractivity contribution is 5.51. The van der Waals surface area contributed by atoms with E-state index in [1.807, 2.05) is 12.1 Å². The van der Waals surface area contributed by atoms with Gasteiger partial charge in [0.15, 0.2) is 5.82 Å². The average Bonchev–Trinajstić information content (AvgIpc) is 3.25. The van der Waals surface area contributed by atoms with Crippen molar-refractivity contribution in [3.8, 4) is 0 Å². The maximum Gasteiger partial charge on any atom is 0.269 e. The number of anilines is 1. The first-order chi connectivity index (χ1) is 14.2. The first-order valence-electron chi connectivity index (χ1n) is 10.7. The predicted octanol–water partition coefficient (Wildman–Crippen LogP) is 3.36. The number of nitro benzene ring substituents is 1. The summed E-state index contributed by atoms with van der Waals surface area (Å²) in [4.78, 5) is 15.3.